The van der Waals surface area contributed by atoms with Crippen LogP contribution in [0.1, 0.15) is 4.88 Å². The third-order valence-corrected chi connectivity index (χ3v) is 6.67. The van der Waals surface area contributed by atoms with Crippen molar-refractivity contribution in [3.05, 3.63) is 27.9 Å². The van der Waals surface area contributed by atoms with Crippen LogP contribution in [0.15, 0.2) is 16.6 Å². The first-order chi connectivity index (χ1) is 5.45. The number of rotatable bonds is 0. The lowest BCUT2D eigenvalue weighted by molar-refractivity contribution is 1.59. The van der Waals surface area contributed by atoms with Gasteiger partial charge in [0.05, 0.1) is 9.52 Å². The van der Waals surface area contributed by atoms with Gasteiger partial charge in [-0.2, -0.15) is 0 Å². The van der Waals surface area contributed by atoms with Crippen molar-refractivity contribution in [2.45, 2.75) is 0 Å². The number of hydrogen-bond acceptors (Lipinski definition) is 2. The summed E-state index contributed by atoms with van der Waals surface area (Å²) in [4.78, 5) is 3.14. The molecule has 0 saturated heterocycles. The van der Waals surface area contributed by atoms with Crippen LogP contribution in [0.25, 0.3) is 4.91 Å². The molecular formula is C8H6S2Si. The normalized spacial score (nSPS) is 22.9. The predicted octanol–water partition coefficient (Wildman–Crippen LogP) is 1.05. The molecule has 1 aromatic rings. The zero-order chi connectivity index (χ0) is 7.26. The molecular weight excluding hydrogens is 188 g/mol. The number of thioether (sulfide) groups is 1. The molecule has 11 heavy (non-hydrogen) atoms. The van der Waals surface area contributed by atoms with Crippen LogP contribution < -0.4 is 5.19 Å². The Labute approximate surface area is 76.5 Å². The molecule has 0 spiro atoms. The zero-order valence-corrected chi connectivity index (χ0v) is 8.93. The SMILES string of the molecule is [C]1CSC2=C1[SiH2]c1ccsc12. The first-order valence-corrected chi connectivity index (χ1v) is 6.89. The highest BCUT2D eigenvalue weighted by molar-refractivity contribution is 8.09. The van der Waals surface area contributed by atoms with Crippen LogP contribution in [0.3, 0.4) is 0 Å². The van der Waals surface area contributed by atoms with Crippen LogP contribution in [-0.2, 0) is 0 Å². The molecule has 0 nitrogen and oxygen atoms in total. The Kier molecular flexibility index (Phi) is 1.33. The van der Waals surface area contributed by atoms with Gasteiger partial charge in [-0.25, -0.2) is 0 Å². The van der Waals surface area contributed by atoms with E-state index in [4.69, 9.17) is 0 Å². The Hall–Kier alpha value is 0.00688. The third kappa shape index (κ3) is 0.818. The molecule has 3 rings (SSSR count). The lowest BCUT2D eigenvalue weighted by Crippen LogP contribution is -2.11. The van der Waals surface area contributed by atoms with E-state index in [9.17, 15) is 0 Å². The van der Waals surface area contributed by atoms with E-state index in [1.807, 2.05) is 23.1 Å². The van der Waals surface area contributed by atoms with Crippen LogP contribution in [0.4, 0.5) is 0 Å². The second-order valence-corrected chi connectivity index (χ2v) is 6.45. The van der Waals surface area contributed by atoms with E-state index in [2.05, 4.69) is 17.9 Å². The maximum absolute atomic E-state index is 3.46. The summed E-state index contributed by atoms with van der Waals surface area (Å²) in [6.45, 7) is 0. The van der Waals surface area contributed by atoms with Gasteiger partial charge in [-0.05, 0) is 10.6 Å². The highest BCUT2D eigenvalue weighted by Crippen LogP contribution is 2.42. The number of fused-ring (bicyclic) bond motifs is 2. The van der Waals surface area contributed by atoms with Gasteiger partial charge in [-0.3, -0.25) is 0 Å². The zero-order valence-electron chi connectivity index (χ0n) is 5.89. The highest BCUT2D eigenvalue weighted by atomic mass is 32.2. The Bertz CT molecular complexity index is 338. The van der Waals surface area contributed by atoms with Crippen molar-refractivity contribution >= 4 is 42.7 Å². The molecule has 1 aromatic heterocycles. The molecule has 54 valence electrons. The van der Waals surface area contributed by atoms with Gasteiger partial charge < -0.3 is 0 Å². The van der Waals surface area contributed by atoms with Gasteiger partial charge in [0, 0.05) is 22.0 Å². The van der Waals surface area contributed by atoms with Crippen molar-refractivity contribution < 1.29 is 0 Å². The molecule has 0 atom stereocenters. The minimum atomic E-state index is -0.0791. The van der Waals surface area contributed by atoms with Gasteiger partial charge in [0.2, 0.25) is 0 Å². The van der Waals surface area contributed by atoms with E-state index >= 15 is 0 Å². The van der Waals surface area contributed by atoms with E-state index in [1.54, 1.807) is 20.2 Å². The first kappa shape index (κ1) is 6.52. The average Bonchev–Trinajstić information content (AvgIpc) is 2.52. The third-order valence-electron chi connectivity index (χ3n) is 2.10. The molecule has 0 amide bonds. The largest absolute Gasteiger partial charge is 0.143 e. The fourth-order valence-corrected chi connectivity index (χ4v) is 6.75. The Balaban J connectivity index is 2.20. The molecule has 0 unspecified atom stereocenters. The van der Waals surface area contributed by atoms with Gasteiger partial charge >= 0.3 is 0 Å². The van der Waals surface area contributed by atoms with Crippen molar-refractivity contribution in [3.8, 4) is 0 Å². The maximum Gasteiger partial charge on any atom is 0.0867 e. The van der Waals surface area contributed by atoms with Crippen LogP contribution in [0.5, 0.6) is 0 Å². The second kappa shape index (κ2) is 2.25. The fourth-order valence-electron chi connectivity index (χ4n) is 1.57. The summed E-state index contributed by atoms with van der Waals surface area (Å²) in [7, 11) is -0.0791. The molecule has 2 aliphatic heterocycles. The molecule has 0 bridgehead atoms. The van der Waals surface area contributed by atoms with Gasteiger partial charge in [-0.15, -0.1) is 23.1 Å². The van der Waals surface area contributed by atoms with Crippen LogP contribution in [-0.4, -0.2) is 15.3 Å². The second-order valence-electron chi connectivity index (χ2n) is 2.72. The molecule has 0 saturated carbocycles. The summed E-state index contributed by atoms with van der Waals surface area (Å²) >= 11 is 3.88. The topological polar surface area (TPSA) is 0 Å². The van der Waals surface area contributed by atoms with Gasteiger partial charge in [0.15, 0.2) is 0 Å². The van der Waals surface area contributed by atoms with E-state index in [-0.39, 0.29) is 9.52 Å². The van der Waals surface area contributed by atoms with Crippen molar-refractivity contribution in [2.24, 2.45) is 0 Å². The first-order valence-electron chi connectivity index (χ1n) is 3.62. The molecule has 2 radical (unpaired) electrons. The van der Waals surface area contributed by atoms with Gasteiger partial charge in [-0.1, -0.05) is 11.3 Å². The van der Waals surface area contributed by atoms with Crippen LogP contribution >= 0.6 is 23.1 Å². The molecule has 0 aromatic carbocycles. The quantitative estimate of drug-likeness (QED) is 0.556. The van der Waals surface area contributed by atoms with Crippen molar-refractivity contribution in [3.63, 3.8) is 0 Å². The molecule has 0 aliphatic carbocycles. The predicted molar refractivity (Wildman–Crippen MR) is 55.1 cm³/mol. The summed E-state index contributed by atoms with van der Waals surface area (Å²) in [5.74, 6) is 1.11. The summed E-state index contributed by atoms with van der Waals surface area (Å²) < 4.78 is 0. The summed E-state index contributed by atoms with van der Waals surface area (Å²) in [6, 6.07) is 2.30. The minimum absolute atomic E-state index is 0.0791. The van der Waals surface area contributed by atoms with Crippen molar-refractivity contribution in [1.29, 1.82) is 0 Å². The van der Waals surface area contributed by atoms with Gasteiger partial charge in [0.1, 0.15) is 0 Å². The lowest BCUT2D eigenvalue weighted by Gasteiger charge is -1.93. The summed E-state index contributed by atoms with van der Waals surface area (Å²) in [5.41, 5.74) is 0. The van der Waals surface area contributed by atoms with E-state index in [0.717, 1.165) is 5.75 Å². The smallest absolute Gasteiger partial charge is 0.0867 e. The molecule has 3 heterocycles. The number of hydrogen-bond donors (Lipinski definition) is 0. The molecule has 0 N–H and O–H groups in total. The monoisotopic (exact) mass is 194 g/mol. The van der Waals surface area contributed by atoms with Crippen LogP contribution in [0.2, 0.25) is 0 Å². The van der Waals surface area contributed by atoms with Crippen molar-refractivity contribution in [2.75, 3.05) is 5.75 Å². The number of thiophene rings is 1. The van der Waals surface area contributed by atoms with Crippen LogP contribution in [0, 0.1) is 6.42 Å². The van der Waals surface area contributed by atoms with E-state index in [0.29, 0.717) is 0 Å². The average molecular weight is 194 g/mol. The van der Waals surface area contributed by atoms with Gasteiger partial charge in [0.25, 0.3) is 0 Å². The standard InChI is InChI=1S/C8H6S2Si/c1-3-9-7-5(1)11-6-2-4-10-8(6)7/h1,3H,4,11H2. The highest BCUT2D eigenvalue weighted by Gasteiger charge is 2.27. The minimum Gasteiger partial charge on any atom is -0.143 e. The maximum atomic E-state index is 3.46. The fraction of sp³-hybridized carbons (Fsp3) is 0.125. The van der Waals surface area contributed by atoms with E-state index < -0.39 is 0 Å². The Morgan fingerprint density at radius 1 is 1.55 bits per heavy atom. The molecule has 2 aliphatic rings. The summed E-state index contributed by atoms with van der Waals surface area (Å²) in [5, 5.41) is 5.47. The van der Waals surface area contributed by atoms with E-state index in [1.165, 1.54) is 0 Å². The lowest BCUT2D eigenvalue weighted by atomic mass is 10.4. The van der Waals surface area contributed by atoms with Crippen molar-refractivity contribution in [1.82, 2.24) is 0 Å². The Morgan fingerprint density at radius 3 is 3.55 bits per heavy atom. The number of allylic oxidation sites excluding steroid dienone is 1. The molecule has 0 fully saturated rings. The summed E-state index contributed by atoms with van der Waals surface area (Å²) in [6.07, 6.45) is 3.46. The Morgan fingerprint density at radius 2 is 2.55 bits per heavy atom. The molecule has 3 heteroatoms.